The van der Waals surface area contributed by atoms with Gasteiger partial charge >= 0.3 is 0 Å². The molecule has 3 aromatic rings. The summed E-state index contributed by atoms with van der Waals surface area (Å²) in [4.78, 5) is 25.6. The van der Waals surface area contributed by atoms with Crippen LogP contribution in [0, 0.1) is 17.5 Å². The van der Waals surface area contributed by atoms with Crippen molar-refractivity contribution in [3.63, 3.8) is 0 Å². The van der Waals surface area contributed by atoms with E-state index in [-0.39, 0.29) is 12.1 Å². The Morgan fingerprint density at radius 2 is 1.81 bits per heavy atom. The summed E-state index contributed by atoms with van der Waals surface area (Å²) >= 11 is 0. The zero-order valence-corrected chi connectivity index (χ0v) is 14.2. The van der Waals surface area contributed by atoms with Gasteiger partial charge in [-0.25, -0.2) is 18.2 Å². The van der Waals surface area contributed by atoms with Gasteiger partial charge in [0.1, 0.15) is 5.82 Å². The molecule has 2 aromatic heterocycles. The zero-order chi connectivity index (χ0) is 19.0. The van der Waals surface area contributed by atoms with Gasteiger partial charge in [0.2, 0.25) is 0 Å². The van der Waals surface area contributed by atoms with Crippen LogP contribution in [0.1, 0.15) is 16.8 Å². The molecule has 138 valence electrons. The summed E-state index contributed by atoms with van der Waals surface area (Å²) in [6, 6.07) is 5.47. The smallest absolute Gasteiger partial charge is 0.254 e. The lowest BCUT2D eigenvalue weighted by atomic mass is 10.0. The molecule has 27 heavy (non-hydrogen) atoms. The summed E-state index contributed by atoms with van der Waals surface area (Å²) in [6.45, 7) is 1.12. The number of halogens is 3. The minimum atomic E-state index is -1.47. The van der Waals surface area contributed by atoms with E-state index in [1.54, 1.807) is 24.5 Å². The Morgan fingerprint density at radius 3 is 2.52 bits per heavy atom. The van der Waals surface area contributed by atoms with Crippen molar-refractivity contribution < 1.29 is 13.2 Å². The Hall–Kier alpha value is -3.00. The first kappa shape index (κ1) is 17.4. The molecule has 0 aliphatic carbocycles. The second kappa shape index (κ2) is 6.96. The fourth-order valence-corrected chi connectivity index (χ4v) is 3.23. The molecule has 0 fully saturated rings. The molecule has 5 nitrogen and oxygen atoms in total. The molecule has 1 N–H and O–H groups in total. The number of hydrogen-bond donors (Lipinski definition) is 1. The quantitative estimate of drug-likeness (QED) is 0.719. The molecule has 0 unspecified atom stereocenters. The summed E-state index contributed by atoms with van der Waals surface area (Å²) < 4.78 is 40.0. The number of nitrogens with one attached hydrogen (secondary N) is 1. The molecule has 0 spiro atoms. The molecule has 4 rings (SSSR count). The Morgan fingerprint density at radius 1 is 1.11 bits per heavy atom. The highest BCUT2D eigenvalue weighted by Gasteiger charge is 2.22. The van der Waals surface area contributed by atoms with Gasteiger partial charge in [0.25, 0.3) is 5.56 Å². The lowest BCUT2D eigenvalue weighted by Crippen LogP contribution is -2.35. The highest BCUT2D eigenvalue weighted by Crippen LogP contribution is 2.21. The average molecular weight is 372 g/mol. The molecule has 1 aliphatic heterocycles. The van der Waals surface area contributed by atoms with Crippen LogP contribution < -0.4 is 5.56 Å². The largest absolute Gasteiger partial charge is 0.306 e. The summed E-state index contributed by atoms with van der Waals surface area (Å²) in [7, 11) is 0. The van der Waals surface area contributed by atoms with E-state index in [0.717, 1.165) is 17.7 Å². The van der Waals surface area contributed by atoms with Gasteiger partial charge in [-0.15, -0.1) is 0 Å². The Labute approximate surface area is 152 Å². The van der Waals surface area contributed by atoms with Crippen LogP contribution in [0.15, 0.2) is 41.5 Å². The lowest BCUT2D eigenvalue weighted by Gasteiger charge is -2.27. The van der Waals surface area contributed by atoms with Crippen molar-refractivity contribution in [3.8, 4) is 11.4 Å². The maximum atomic E-state index is 13.4. The van der Waals surface area contributed by atoms with Crippen molar-refractivity contribution in [2.75, 3.05) is 6.54 Å². The highest BCUT2D eigenvalue weighted by atomic mass is 19.2. The summed E-state index contributed by atoms with van der Waals surface area (Å²) in [5, 5.41) is 0. The van der Waals surface area contributed by atoms with Gasteiger partial charge in [-0.1, -0.05) is 0 Å². The minimum Gasteiger partial charge on any atom is -0.306 e. The van der Waals surface area contributed by atoms with Crippen molar-refractivity contribution >= 4 is 0 Å². The fourth-order valence-electron chi connectivity index (χ4n) is 3.23. The third-order valence-corrected chi connectivity index (χ3v) is 4.56. The first-order valence-corrected chi connectivity index (χ1v) is 8.39. The van der Waals surface area contributed by atoms with Crippen molar-refractivity contribution in [1.29, 1.82) is 0 Å². The Kier molecular flexibility index (Phi) is 4.49. The molecule has 0 bridgehead atoms. The molecule has 0 saturated heterocycles. The highest BCUT2D eigenvalue weighted by molar-refractivity contribution is 5.54. The predicted octanol–water partition coefficient (Wildman–Crippen LogP) is 2.81. The van der Waals surface area contributed by atoms with E-state index in [1.807, 2.05) is 4.90 Å². The van der Waals surface area contributed by atoms with E-state index in [2.05, 4.69) is 15.0 Å². The molecule has 0 atom stereocenters. The third kappa shape index (κ3) is 3.48. The van der Waals surface area contributed by atoms with E-state index in [4.69, 9.17) is 0 Å². The molecule has 1 aliphatic rings. The van der Waals surface area contributed by atoms with Crippen LogP contribution in [0.25, 0.3) is 11.4 Å². The van der Waals surface area contributed by atoms with Gasteiger partial charge in [0.15, 0.2) is 17.5 Å². The number of hydrogen-bond acceptors (Lipinski definition) is 4. The van der Waals surface area contributed by atoms with E-state index in [1.165, 1.54) is 0 Å². The third-order valence-electron chi connectivity index (χ3n) is 4.56. The molecular formula is C19H15F3N4O. The molecule has 0 saturated carbocycles. The molecule has 0 radical (unpaired) electrons. The van der Waals surface area contributed by atoms with E-state index < -0.39 is 17.5 Å². The van der Waals surface area contributed by atoms with Crippen molar-refractivity contribution in [2.45, 2.75) is 19.5 Å². The van der Waals surface area contributed by atoms with Gasteiger partial charge in [0, 0.05) is 43.2 Å². The normalized spacial score (nSPS) is 14.2. The summed E-state index contributed by atoms with van der Waals surface area (Å²) in [5.74, 6) is -3.45. The number of pyridine rings is 1. The summed E-state index contributed by atoms with van der Waals surface area (Å²) in [6.07, 6.45) is 3.69. The number of fused-ring (bicyclic) bond motifs is 1. The van der Waals surface area contributed by atoms with Gasteiger partial charge in [-0.2, -0.15) is 0 Å². The minimum absolute atomic E-state index is 0.190. The lowest BCUT2D eigenvalue weighted by molar-refractivity contribution is 0.239. The monoisotopic (exact) mass is 372 g/mol. The van der Waals surface area contributed by atoms with E-state index >= 15 is 0 Å². The van der Waals surface area contributed by atoms with E-state index in [9.17, 15) is 18.0 Å². The molecule has 0 amide bonds. The van der Waals surface area contributed by atoms with Crippen LogP contribution in [0.3, 0.4) is 0 Å². The maximum Gasteiger partial charge on any atom is 0.254 e. The van der Waals surface area contributed by atoms with Crippen LogP contribution in [0.2, 0.25) is 0 Å². The molecule has 8 heteroatoms. The standard InChI is InChI=1S/C19H15F3N4O/c20-14-7-11(8-15(21)17(14)22)9-26-6-3-13-16(10-26)24-18(25-19(13)27)12-1-4-23-5-2-12/h1-2,4-5,7-8H,3,6,9-10H2,(H,24,25,27). The van der Waals surface area contributed by atoms with Crippen molar-refractivity contribution in [1.82, 2.24) is 19.9 Å². The first-order valence-electron chi connectivity index (χ1n) is 8.39. The second-order valence-electron chi connectivity index (χ2n) is 6.41. The van der Waals surface area contributed by atoms with Crippen molar-refractivity contribution in [3.05, 3.63) is 81.3 Å². The number of rotatable bonds is 3. The van der Waals surface area contributed by atoms with Crippen LogP contribution in [-0.2, 0) is 19.5 Å². The summed E-state index contributed by atoms with van der Waals surface area (Å²) in [5.41, 5.74) is 2.12. The first-order chi connectivity index (χ1) is 13.0. The van der Waals surface area contributed by atoms with Gasteiger partial charge in [0.05, 0.1) is 5.69 Å². The maximum absolute atomic E-state index is 13.4. The van der Waals surface area contributed by atoms with Crippen LogP contribution >= 0.6 is 0 Å². The number of benzene rings is 1. The second-order valence-corrected chi connectivity index (χ2v) is 6.41. The van der Waals surface area contributed by atoms with Crippen molar-refractivity contribution in [2.24, 2.45) is 0 Å². The van der Waals surface area contributed by atoms with Gasteiger partial charge < -0.3 is 4.98 Å². The Balaban J connectivity index is 1.61. The number of aromatic nitrogens is 3. The topological polar surface area (TPSA) is 61.9 Å². The van der Waals surface area contributed by atoms with E-state index in [0.29, 0.717) is 42.2 Å². The zero-order valence-electron chi connectivity index (χ0n) is 14.2. The average Bonchev–Trinajstić information content (AvgIpc) is 2.66. The number of aromatic amines is 1. The van der Waals surface area contributed by atoms with Gasteiger partial charge in [-0.3, -0.25) is 14.7 Å². The molecular weight excluding hydrogens is 357 g/mol. The van der Waals surface area contributed by atoms with Crippen LogP contribution in [0.4, 0.5) is 13.2 Å². The van der Waals surface area contributed by atoms with Crippen LogP contribution in [-0.4, -0.2) is 26.4 Å². The van der Waals surface area contributed by atoms with Gasteiger partial charge in [-0.05, 0) is 36.2 Å². The predicted molar refractivity (Wildman–Crippen MR) is 92.2 cm³/mol. The Bertz CT molecular complexity index is 1030. The SMILES string of the molecule is O=c1[nH]c(-c2ccncc2)nc2c1CCN(Cc1cc(F)c(F)c(F)c1)C2. The number of nitrogens with zero attached hydrogens (tertiary/aromatic N) is 3. The van der Waals surface area contributed by atoms with Crippen LogP contribution in [0.5, 0.6) is 0 Å². The molecule has 3 heterocycles. The molecule has 1 aromatic carbocycles. The fraction of sp³-hybridized carbons (Fsp3) is 0.211. The number of H-pyrrole nitrogens is 1.